The molecule has 1 heterocycles. The van der Waals surface area contributed by atoms with Crippen LogP contribution in [0.2, 0.25) is 0 Å². The molecule has 2 rings (SSSR count). The standard InChI is InChI=1S/C12H11F2N3O2S/c1-7-2-3-8(13)12(11(7)14)17-20(18,19)10-6-16-5-4-9(10)15/h2-6,17H,1H3,(H2,15,16). The van der Waals surface area contributed by atoms with Crippen molar-refractivity contribution in [3.05, 3.63) is 47.8 Å². The molecule has 0 fully saturated rings. The van der Waals surface area contributed by atoms with Crippen LogP contribution in [0.4, 0.5) is 20.2 Å². The van der Waals surface area contributed by atoms with E-state index in [2.05, 4.69) is 4.98 Å². The Morgan fingerprint density at radius 2 is 1.95 bits per heavy atom. The quantitative estimate of drug-likeness (QED) is 0.908. The van der Waals surface area contributed by atoms with Crippen LogP contribution in [0.15, 0.2) is 35.5 Å². The van der Waals surface area contributed by atoms with Crippen molar-refractivity contribution in [3.63, 3.8) is 0 Å². The van der Waals surface area contributed by atoms with Crippen molar-refractivity contribution in [2.45, 2.75) is 11.8 Å². The van der Waals surface area contributed by atoms with Crippen LogP contribution in [0, 0.1) is 18.6 Å². The van der Waals surface area contributed by atoms with E-state index in [4.69, 9.17) is 5.73 Å². The van der Waals surface area contributed by atoms with E-state index in [-0.39, 0.29) is 16.1 Å². The van der Waals surface area contributed by atoms with Gasteiger partial charge in [-0.05, 0) is 24.6 Å². The summed E-state index contributed by atoms with van der Waals surface area (Å²) in [5.41, 5.74) is 4.82. The number of sulfonamides is 1. The maximum atomic E-state index is 13.8. The number of rotatable bonds is 3. The van der Waals surface area contributed by atoms with E-state index in [0.717, 1.165) is 12.3 Å². The highest BCUT2D eigenvalue weighted by Gasteiger charge is 2.22. The Morgan fingerprint density at radius 3 is 2.60 bits per heavy atom. The number of aryl methyl sites for hydroxylation is 1. The van der Waals surface area contributed by atoms with Gasteiger partial charge in [0.25, 0.3) is 10.0 Å². The van der Waals surface area contributed by atoms with Gasteiger partial charge in [0.1, 0.15) is 16.4 Å². The lowest BCUT2D eigenvalue weighted by Gasteiger charge is -2.12. The number of hydrogen-bond donors (Lipinski definition) is 2. The lowest BCUT2D eigenvalue weighted by Crippen LogP contribution is -2.17. The van der Waals surface area contributed by atoms with Crippen molar-refractivity contribution < 1.29 is 17.2 Å². The number of nitrogens with zero attached hydrogens (tertiary/aromatic N) is 1. The molecular weight excluding hydrogens is 288 g/mol. The molecule has 0 radical (unpaired) electrons. The number of benzene rings is 1. The molecular formula is C12H11F2N3O2S. The molecule has 0 aliphatic heterocycles. The number of aromatic nitrogens is 1. The summed E-state index contributed by atoms with van der Waals surface area (Å²) in [5.74, 6) is -1.99. The van der Waals surface area contributed by atoms with Crippen LogP contribution >= 0.6 is 0 Å². The van der Waals surface area contributed by atoms with Gasteiger partial charge in [-0.2, -0.15) is 0 Å². The number of nitrogen functional groups attached to an aromatic ring is 1. The Morgan fingerprint density at radius 1 is 1.25 bits per heavy atom. The average Bonchev–Trinajstić information content (AvgIpc) is 2.39. The first-order valence-corrected chi connectivity index (χ1v) is 6.98. The van der Waals surface area contributed by atoms with Gasteiger partial charge in [-0.15, -0.1) is 0 Å². The predicted molar refractivity (Wildman–Crippen MR) is 70.6 cm³/mol. The highest BCUT2D eigenvalue weighted by molar-refractivity contribution is 7.92. The Labute approximate surface area is 114 Å². The lowest BCUT2D eigenvalue weighted by molar-refractivity contribution is 0.579. The molecule has 0 aliphatic rings. The molecule has 0 aliphatic carbocycles. The van der Waals surface area contributed by atoms with E-state index in [0.29, 0.717) is 0 Å². The van der Waals surface area contributed by atoms with Crippen LogP contribution in [0.5, 0.6) is 0 Å². The molecule has 0 unspecified atom stereocenters. The molecule has 0 amide bonds. The third kappa shape index (κ3) is 2.55. The van der Waals surface area contributed by atoms with Crippen LogP contribution in [0.1, 0.15) is 5.56 Å². The second-order valence-electron chi connectivity index (χ2n) is 4.07. The number of hydrogen-bond acceptors (Lipinski definition) is 4. The van der Waals surface area contributed by atoms with Crippen molar-refractivity contribution in [2.24, 2.45) is 0 Å². The minimum absolute atomic E-state index is 0.0685. The summed E-state index contributed by atoms with van der Waals surface area (Å²) in [4.78, 5) is 3.28. The summed E-state index contributed by atoms with van der Waals surface area (Å²) in [6.45, 7) is 1.39. The Hall–Kier alpha value is -2.22. The maximum Gasteiger partial charge on any atom is 0.265 e. The SMILES string of the molecule is Cc1ccc(F)c(NS(=O)(=O)c2cnccc2N)c1F. The van der Waals surface area contributed by atoms with Crippen LogP contribution in [-0.2, 0) is 10.0 Å². The Balaban J connectivity index is 2.50. The first kappa shape index (κ1) is 14.2. The predicted octanol–water partition coefficient (Wildman–Crippen LogP) is 2.05. The van der Waals surface area contributed by atoms with E-state index in [9.17, 15) is 17.2 Å². The fourth-order valence-corrected chi connectivity index (χ4v) is 2.70. The lowest BCUT2D eigenvalue weighted by atomic mass is 10.2. The molecule has 8 heteroatoms. The summed E-state index contributed by atoms with van der Waals surface area (Å²) in [6.07, 6.45) is 2.31. The van der Waals surface area contributed by atoms with Gasteiger partial charge in [0.15, 0.2) is 5.82 Å². The fourth-order valence-electron chi connectivity index (χ4n) is 1.55. The molecule has 0 atom stereocenters. The molecule has 1 aromatic carbocycles. The zero-order valence-corrected chi connectivity index (χ0v) is 11.2. The first-order chi connectivity index (χ1) is 9.33. The van der Waals surface area contributed by atoms with Crippen LogP contribution in [-0.4, -0.2) is 13.4 Å². The maximum absolute atomic E-state index is 13.8. The zero-order chi connectivity index (χ0) is 14.9. The highest BCUT2D eigenvalue weighted by Crippen LogP contribution is 2.26. The summed E-state index contributed by atoms with van der Waals surface area (Å²) in [5, 5.41) is 0. The summed E-state index contributed by atoms with van der Waals surface area (Å²) < 4.78 is 53.4. The second-order valence-corrected chi connectivity index (χ2v) is 5.72. The first-order valence-electron chi connectivity index (χ1n) is 5.50. The van der Waals surface area contributed by atoms with E-state index < -0.39 is 27.3 Å². The van der Waals surface area contributed by atoms with Gasteiger partial charge in [-0.3, -0.25) is 9.71 Å². The van der Waals surface area contributed by atoms with E-state index in [1.807, 2.05) is 4.72 Å². The molecule has 2 aromatic rings. The van der Waals surface area contributed by atoms with Crippen molar-refractivity contribution in [1.29, 1.82) is 0 Å². The summed E-state index contributed by atoms with van der Waals surface area (Å²) >= 11 is 0. The molecule has 0 saturated heterocycles. The molecule has 1 aromatic heterocycles. The van der Waals surface area contributed by atoms with Gasteiger partial charge < -0.3 is 5.73 Å². The minimum Gasteiger partial charge on any atom is -0.398 e. The summed E-state index contributed by atoms with van der Waals surface area (Å²) in [6, 6.07) is 3.46. The number of pyridine rings is 1. The minimum atomic E-state index is -4.22. The number of anilines is 2. The molecule has 0 saturated carbocycles. The van der Waals surface area contributed by atoms with Crippen molar-refractivity contribution in [2.75, 3.05) is 10.5 Å². The van der Waals surface area contributed by atoms with Gasteiger partial charge in [-0.25, -0.2) is 17.2 Å². The highest BCUT2D eigenvalue weighted by atomic mass is 32.2. The zero-order valence-electron chi connectivity index (χ0n) is 10.4. The topological polar surface area (TPSA) is 85.1 Å². The van der Waals surface area contributed by atoms with Crippen LogP contribution in [0.3, 0.4) is 0 Å². The van der Waals surface area contributed by atoms with E-state index >= 15 is 0 Å². The molecule has 106 valence electrons. The smallest absolute Gasteiger partial charge is 0.265 e. The molecule has 0 bridgehead atoms. The second kappa shape index (κ2) is 5.04. The molecule has 3 N–H and O–H groups in total. The van der Waals surface area contributed by atoms with Gasteiger partial charge in [-0.1, -0.05) is 6.07 Å². The summed E-state index contributed by atoms with van der Waals surface area (Å²) in [7, 11) is -4.22. The van der Waals surface area contributed by atoms with E-state index in [1.54, 1.807) is 0 Å². The third-order valence-corrected chi connectivity index (χ3v) is 4.02. The van der Waals surface area contributed by atoms with Crippen LogP contribution < -0.4 is 10.5 Å². The monoisotopic (exact) mass is 299 g/mol. The number of nitrogens with two attached hydrogens (primary N) is 1. The number of nitrogens with one attached hydrogen (secondary N) is 1. The Kier molecular flexibility index (Phi) is 3.58. The van der Waals surface area contributed by atoms with Gasteiger partial charge in [0.05, 0.1) is 5.69 Å². The largest absolute Gasteiger partial charge is 0.398 e. The normalized spacial score (nSPS) is 11.3. The van der Waals surface area contributed by atoms with Gasteiger partial charge in [0, 0.05) is 12.4 Å². The fraction of sp³-hybridized carbons (Fsp3) is 0.0833. The van der Waals surface area contributed by atoms with Crippen LogP contribution in [0.25, 0.3) is 0 Å². The average molecular weight is 299 g/mol. The molecule has 20 heavy (non-hydrogen) atoms. The number of halogens is 2. The Bertz CT molecular complexity index is 763. The van der Waals surface area contributed by atoms with E-state index in [1.165, 1.54) is 25.3 Å². The van der Waals surface area contributed by atoms with Gasteiger partial charge in [0.2, 0.25) is 0 Å². The van der Waals surface area contributed by atoms with Crippen molar-refractivity contribution in [1.82, 2.24) is 4.98 Å². The molecule has 5 nitrogen and oxygen atoms in total. The van der Waals surface area contributed by atoms with Crippen molar-refractivity contribution >= 4 is 21.4 Å². The van der Waals surface area contributed by atoms with Gasteiger partial charge >= 0.3 is 0 Å². The van der Waals surface area contributed by atoms with Crippen molar-refractivity contribution in [3.8, 4) is 0 Å². The molecule has 0 spiro atoms. The third-order valence-electron chi connectivity index (χ3n) is 2.63.